The molecule has 5 heteroatoms. The van der Waals surface area contributed by atoms with Crippen LogP contribution in [0.25, 0.3) is 0 Å². The normalized spacial score (nSPS) is 22.9. The van der Waals surface area contributed by atoms with E-state index < -0.39 is 5.60 Å². The third-order valence-electron chi connectivity index (χ3n) is 3.38. The number of rotatable bonds is 0. The van der Waals surface area contributed by atoms with Gasteiger partial charge in [0.1, 0.15) is 12.1 Å². The molecule has 1 saturated carbocycles. The summed E-state index contributed by atoms with van der Waals surface area (Å²) < 4.78 is 5.30. The zero-order valence-corrected chi connectivity index (χ0v) is 10.9. The van der Waals surface area contributed by atoms with Crippen molar-refractivity contribution in [2.24, 2.45) is 0 Å². The van der Waals surface area contributed by atoms with E-state index in [1.54, 1.807) is 4.90 Å². The number of carbonyl (C=O) groups excluding carboxylic acids is 2. The summed E-state index contributed by atoms with van der Waals surface area (Å²) in [7, 11) is 1.82. The van der Waals surface area contributed by atoms with Crippen molar-refractivity contribution in [1.29, 1.82) is 0 Å². The van der Waals surface area contributed by atoms with Crippen LogP contribution in [0, 0.1) is 0 Å². The third kappa shape index (κ3) is 2.37. The number of hydrogen-bond acceptors (Lipinski definition) is 3. The monoisotopic (exact) mass is 240 g/mol. The van der Waals surface area contributed by atoms with E-state index in [-0.39, 0.29) is 24.1 Å². The van der Waals surface area contributed by atoms with Crippen LogP contribution in [0.2, 0.25) is 0 Å². The first-order valence-corrected chi connectivity index (χ1v) is 5.98. The fourth-order valence-corrected chi connectivity index (χ4v) is 2.14. The molecule has 0 aromatic heterocycles. The van der Waals surface area contributed by atoms with E-state index in [4.69, 9.17) is 4.74 Å². The minimum atomic E-state index is -0.514. The summed E-state index contributed by atoms with van der Waals surface area (Å²) in [6.45, 7) is 6.22. The van der Waals surface area contributed by atoms with Gasteiger partial charge in [0.15, 0.2) is 0 Å². The maximum atomic E-state index is 11.9. The highest BCUT2D eigenvalue weighted by molar-refractivity contribution is 5.85. The van der Waals surface area contributed by atoms with Crippen molar-refractivity contribution in [2.75, 3.05) is 20.1 Å². The first-order chi connectivity index (χ1) is 7.73. The molecule has 2 fully saturated rings. The van der Waals surface area contributed by atoms with Gasteiger partial charge in [-0.25, -0.2) is 4.79 Å². The first-order valence-electron chi connectivity index (χ1n) is 5.98. The molecule has 1 spiro atoms. The van der Waals surface area contributed by atoms with Gasteiger partial charge in [-0.3, -0.25) is 9.69 Å². The Morgan fingerprint density at radius 3 is 2.41 bits per heavy atom. The third-order valence-corrected chi connectivity index (χ3v) is 3.38. The standard InChI is InChI=1S/C12H20N2O3/c1-11(2,3)17-10(16)14-7-9(15)13(4)12(8-14)5-6-12/h5-8H2,1-4H3. The molecule has 2 rings (SSSR count). The highest BCUT2D eigenvalue weighted by atomic mass is 16.6. The largest absolute Gasteiger partial charge is 0.444 e. The molecule has 1 aliphatic heterocycles. The van der Waals surface area contributed by atoms with E-state index >= 15 is 0 Å². The lowest BCUT2D eigenvalue weighted by molar-refractivity contribution is -0.138. The summed E-state index contributed by atoms with van der Waals surface area (Å²) in [6.07, 6.45) is 1.58. The lowest BCUT2D eigenvalue weighted by Gasteiger charge is -2.39. The van der Waals surface area contributed by atoms with Crippen LogP contribution >= 0.6 is 0 Å². The fourth-order valence-electron chi connectivity index (χ4n) is 2.14. The van der Waals surface area contributed by atoms with Gasteiger partial charge in [0.25, 0.3) is 0 Å². The van der Waals surface area contributed by atoms with Gasteiger partial charge < -0.3 is 9.64 Å². The molecule has 0 radical (unpaired) electrons. The molecular formula is C12H20N2O3. The molecule has 96 valence electrons. The Hall–Kier alpha value is -1.26. The van der Waals surface area contributed by atoms with Gasteiger partial charge in [-0.15, -0.1) is 0 Å². The number of carbonyl (C=O) groups is 2. The Kier molecular flexibility index (Phi) is 2.60. The number of likely N-dealkylation sites (N-methyl/N-ethyl adjacent to an activating group) is 1. The van der Waals surface area contributed by atoms with E-state index in [0.29, 0.717) is 6.54 Å². The number of amides is 2. The minimum Gasteiger partial charge on any atom is -0.444 e. The maximum Gasteiger partial charge on any atom is 0.410 e. The van der Waals surface area contributed by atoms with E-state index in [1.807, 2.05) is 27.8 Å². The molecule has 2 aliphatic rings. The van der Waals surface area contributed by atoms with E-state index in [0.717, 1.165) is 12.8 Å². The SMILES string of the molecule is CN1C(=O)CN(C(=O)OC(C)(C)C)CC12CC2. The first kappa shape index (κ1) is 12.2. The molecule has 17 heavy (non-hydrogen) atoms. The van der Waals surface area contributed by atoms with Gasteiger partial charge in [0, 0.05) is 13.6 Å². The fraction of sp³-hybridized carbons (Fsp3) is 0.833. The van der Waals surface area contributed by atoms with Gasteiger partial charge in [0.05, 0.1) is 5.54 Å². The summed E-state index contributed by atoms with van der Waals surface area (Å²) >= 11 is 0. The van der Waals surface area contributed by atoms with Crippen LogP contribution in [0.3, 0.4) is 0 Å². The summed E-state index contributed by atoms with van der Waals surface area (Å²) in [4.78, 5) is 27.0. The van der Waals surface area contributed by atoms with E-state index in [2.05, 4.69) is 0 Å². The van der Waals surface area contributed by atoms with Gasteiger partial charge in [-0.2, -0.15) is 0 Å². The molecule has 1 saturated heterocycles. The van der Waals surface area contributed by atoms with Gasteiger partial charge >= 0.3 is 6.09 Å². The number of ether oxygens (including phenoxy) is 1. The Morgan fingerprint density at radius 1 is 1.35 bits per heavy atom. The molecule has 1 aliphatic carbocycles. The van der Waals surface area contributed by atoms with Crippen molar-refractivity contribution >= 4 is 12.0 Å². The second kappa shape index (κ2) is 3.62. The highest BCUT2D eigenvalue weighted by Crippen LogP contribution is 2.43. The van der Waals surface area contributed by atoms with E-state index in [9.17, 15) is 9.59 Å². The zero-order valence-electron chi connectivity index (χ0n) is 10.9. The maximum absolute atomic E-state index is 11.9. The average molecular weight is 240 g/mol. The minimum absolute atomic E-state index is 0.000362. The van der Waals surface area contributed by atoms with Crippen molar-refractivity contribution in [3.05, 3.63) is 0 Å². The smallest absolute Gasteiger partial charge is 0.410 e. The van der Waals surface area contributed by atoms with Crippen LogP contribution in [0.1, 0.15) is 33.6 Å². The predicted molar refractivity (Wildman–Crippen MR) is 62.5 cm³/mol. The molecule has 1 heterocycles. The van der Waals surface area contributed by atoms with Crippen LogP contribution in [-0.4, -0.2) is 53.1 Å². The van der Waals surface area contributed by atoms with Crippen LogP contribution in [0.4, 0.5) is 4.79 Å². The van der Waals surface area contributed by atoms with Gasteiger partial charge in [-0.05, 0) is 33.6 Å². The topological polar surface area (TPSA) is 49.9 Å². The zero-order chi connectivity index (χ0) is 12.8. The molecule has 2 amide bonds. The lowest BCUT2D eigenvalue weighted by Crippen LogP contribution is -2.58. The Morgan fingerprint density at radius 2 is 1.94 bits per heavy atom. The van der Waals surface area contributed by atoms with Crippen molar-refractivity contribution < 1.29 is 14.3 Å². The van der Waals surface area contributed by atoms with Gasteiger partial charge in [0.2, 0.25) is 5.91 Å². The molecule has 5 nitrogen and oxygen atoms in total. The summed E-state index contributed by atoms with van der Waals surface area (Å²) in [5.74, 6) is -0.000362. The van der Waals surface area contributed by atoms with Crippen LogP contribution in [-0.2, 0) is 9.53 Å². The van der Waals surface area contributed by atoms with E-state index in [1.165, 1.54) is 4.90 Å². The van der Waals surface area contributed by atoms with Crippen molar-refractivity contribution in [3.63, 3.8) is 0 Å². The Balaban J connectivity index is 2.03. The molecule has 0 unspecified atom stereocenters. The summed E-state index contributed by atoms with van der Waals surface area (Å²) in [5.41, 5.74) is -0.619. The number of hydrogen-bond donors (Lipinski definition) is 0. The molecule has 0 atom stereocenters. The molecule has 0 aromatic carbocycles. The average Bonchev–Trinajstić information content (AvgIpc) is 2.92. The Bertz CT molecular complexity index is 355. The number of piperazine rings is 1. The second-order valence-corrected chi connectivity index (χ2v) is 6.01. The van der Waals surface area contributed by atoms with Crippen molar-refractivity contribution in [3.8, 4) is 0 Å². The molecular weight excluding hydrogens is 220 g/mol. The predicted octanol–water partition coefficient (Wildman–Crippen LogP) is 1.23. The quantitative estimate of drug-likeness (QED) is 0.640. The lowest BCUT2D eigenvalue weighted by atomic mass is 10.1. The van der Waals surface area contributed by atoms with Crippen LogP contribution < -0.4 is 0 Å². The molecule has 0 bridgehead atoms. The van der Waals surface area contributed by atoms with Crippen molar-refractivity contribution in [1.82, 2.24) is 9.80 Å². The molecule has 0 aromatic rings. The summed E-state index contributed by atoms with van der Waals surface area (Å²) in [6, 6.07) is 0. The van der Waals surface area contributed by atoms with Crippen molar-refractivity contribution in [2.45, 2.75) is 44.8 Å². The van der Waals surface area contributed by atoms with Gasteiger partial charge in [-0.1, -0.05) is 0 Å². The van der Waals surface area contributed by atoms with Crippen LogP contribution in [0.15, 0.2) is 0 Å². The Labute approximate surface area is 102 Å². The van der Waals surface area contributed by atoms with Crippen LogP contribution in [0.5, 0.6) is 0 Å². The highest BCUT2D eigenvalue weighted by Gasteiger charge is 2.53. The molecule has 0 N–H and O–H groups in total. The second-order valence-electron chi connectivity index (χ2n) is 6.01. The summed E-state index contributed by atoms with van der Waals surface area (Å²) in [5, 5.41) is 0. The number of nitrogens with zero attached hydrogens (tertiary/aromatic N) is 2.